The molecule has 1 heterocycles. The number of ether oxygens (including phenoxy) is 1. The largest absolute Gasteiger partial charge is 0.497 e. The molecule has 3 rings (SSSR count). The van der Waals surface area contributed by atoms with E-state index in [9.17, 15) is 26.4 Å². The van der Waals surface area contributed by atoms with Gasteiger partial charge in [0.05, 0.1) is 17.6 Å². The molecule has 7 nitrogen and oxygen atoms in total. The average Bonchev–Trinajstić information content (AvgIpc) is 3.08. The van der Waals surface area contributed by atoms with E-state index in [0.717, 1.165) is 23.0 Å². The number of nitrogens with one attached hydrogen (secondary N) is 1. The van der Waals surface area contributed by atoms with Crippen molar-refractivity contribution in [2.24, 2.45) is 0 Å². The lowest BCUT2D eigenvalue weighted by molar-refractivity contribution is -0.137. The SMILES string of the molecule is COc1ccc(S(=O)(=O)NC(=O)c2ncn(-c3cccc(C(F)(F)F)c3)c2Cl)cc1. The molecule has 2 aromatic carbocycles. The molecule has 158 valence electrons. The van der Waals surface area contributed by atoms with Crippen LogP contribution in [0.1, 0.15) is 16.1 Å². The van der Waals surface area contributed by atoms with Crippen molar-refractivity contribution < 1.29 is 31.1 Å². The highest BCUT2D eigenvalue weighted by Crippen LogP contribution is 2.31. The van der Waals surface area contributed by atoms with Gasteiger partial charge in [-0.2, -0.15) is 13.2 Å². The molecule has 0 aliphatic rings. The number of carbonyl (C=O) groups is 1. The summed E-state index contributed by atoms with van der Waals surface area (Å²) in [5, 5.41) is -0.350. The molecule has 0 aliphatic carbocycles. The van der Waals surface area contributed by atoms with Gasteiger partial charge < -0.3 is 4.74 Å². The van der Waals surface area contributed by atoms with Crippen LogP contribution in [0, 0.1) is 0 Å². The van der Waals surface area contributed by atoms with Crippen molar-refractivity contribution >= 4 is 27.5 Å². The maximum Gasteiger partial charge on any atom is 0.416 e. The Morgan fingerprint density at radius 2 is 1.83 bits per heavy atom. The van der Waals surface area contributed by atoms with E-state index in [1.165, 1.54) is 43.5 Å². The Balaban J connectivity index is 1.87. The Kier molecular flexibility index (Phi) is 5.77. The predicted molar refractivity (Wildman–Crippen MR) is 101 cm³/mol. The number of amides is 1. The van der Waals surface area contributed by atoms with Crippen LogP contribution in [0.5, 0.6) is 5.75 Å². The summed E-state index contributed by atoms with van der Waals surface area (Å²) in [6, 6.07) is 9.46. The summed E-state index contributed by atoms with van der Waals surface area (Å²) in [5.74, 6) is -0.718. The van der Waals surface area contributed by atoms with E-state index in [1.807, 2.05) is 4.72 Å². The highest BCUT2D eigenvalue weighted by molar-refractivity contribution is 7.90. The van der Waals surface area contributed by atoms with Gasteiger partial charge in [0.25, 0.3) is 15.9 Å². The lowest BCUT2D eigenvalue weighted by Crippen LogP contribution is -2.31. The van der Waals surface area contributed by atoms with Gasteiger partial charge in [0.15, 0.2) is 5.69 Å². The zero-order chi connectivity index (χ0) is 22.1. The fourth-order valence-corrected chi connectivity index (χ4v) is 3.71. The van der Waals surface area contributed by atoms with E-state index in [1.54, 1.807) is 0 Å². The van der Waals surface area contributed by atoms with Crippen LogP contribution in [0.25, 0.3) is 5.69 Å². The molecule has 0 aliphatic heterocycles. The number of benzene rings is 2. The van der Waals surface area contributed by atoms with Crippen LogP contribution >= 0.6 is 11.6 Å². The van der Waals surface area contributed by atoms with Crippen LogP contribution in [0.2, 0.25) is 5.15 Å². The Hall–Kier alpha value is -3.05. The summed E-state index contributed by atoms with van der Waals surface area (Å²) >= 11 is 6.08. The normalized spacial score (nSPS) is 11.9. The number of rotatable bonds is 5. The first-order valence-electron chi connectivity index (χ1n) is 8.14. The van der Waals surface area contributed by atoms with Gasteiger partial charge in [-0.1, -0.05) is 17.7 Å². The lowest BCUT2D eigenvalue weighted by atomic mass is 10.2. The maximum absolute atomic E-state index is 12.9. The zero-order valence-corrected chi connectivity index (χ0v) is 16.7. The van der Waals surface area contributed by atoms with Gasteiger partial charge in [0, 0.05) is 5.69 Å². The molecule has 0 saturated carbocycles. The lowest BCUT2D eigenvalue weighted by Gasteiger charge is -2.10. The molecule has 0 unspecified atom stereocenters. The fourth-order valence-electron chi connectivity index (χ4n) is 2.48. The molecule has 0 bridgehead atoms. The monoisotopic (exact) mass is 459 g/mol. The Labute approximate surface area is 174 Å². The highest BCUT2D eigenvalue weighted by atomic mass is 35.5. The van der Waals surface area contributed by atoms with Gasteiger partial charge in [-0.3, -0.25) is 9.36 Å². The van der Waals surface area contributed by atoms with Gasteiger partial charge in [0.2, 0.25) is 0 Å². The summed E-state index contributed by atoms with van der Waals surface area (Å²) < 4.78 is 71.3. The standard InChI is InChI=1S/C18H13ClF3N3O4S/c1-29-13-5-7-14(8-6-13)30(27,28)24-17(26)15-16(19)25(10-23-15)12-4-2-3-11(9-12)18(20,21)22/h2-10H,1H3,(H,24,26). The summed E-state index contributed by atoms with van der Waals surface area (Å²) in [4.78, 5) is 15.9. The van der Waals surface area contributed by atoms with Crippen LogP contribution in [0.4, 0.5) is 13.2 Å². The molecular weight excluding hydrogens is 447 g/mol. The van der Waals surface area contributed by atoms with E-state index in [4.69, 9.17) is 16.3 Å². The predicted octanol–water partition coefficient (Wildman–Crippen LogP) is 3.67. The number of hydrogen-bond donors (Lipinski definition) is 1. The maximum atomic E-state index is 12.9. The number of alkyl halides is 3. The minimum absolute atomic E-state index is 0.000568. The molecule has 1 aromatic heterocycles. The number of hydrogen-bond acceptors (Lipinski definition) is 5. The van der Waals surface area contributed by atoms with Gasteiger partial charge >= 0.3 is 6.18 Å². The molecular formula is C18H13ClF3N3O4S. The molecule has 0 fully saturated rings. The van der Waals surface area contributed by atoms with Crippen molar-refractivity contribution in [3.8, 4) is 11.4 Å². The van der Waals surface area contributed by atoms with Gasteiger partial charge in [-0.25, -0.2) is 18.1 Å². The minimum Gasteiger partial charge on any atom is -0.497 e. The Morgan fingerprint density at radius 1 is 1.17 bits per heavy atom. The van der Waals surface area contributed by atoms with Gasteiger partial charge in [-0.15, -0.1) is 0 Å². The number of carbonyl (C=O) groups excluding carboxylic acids is 1. The van der Waals surface area contributed by atoms with Crippen molar-refractivity contribution in [3.05, 3.63) is 71.3 Å². The van der Waals surface area contributed by atoms with Crippen LogP contribution < -0.4 is 9.46 Å². The summed E-state index contributed by atoms with van der Waals surface area (Å²) in [6.07, 6.45) is -3.55. The van der Waals surface area contributed by atoms with Crippen molar-refractivity contribution in [2.75, 3.05) is 7.11 Å². The van der Waals surface area contributed by atoms with Crippen LogP contribution in [0.3, 0.4) is 0 Å². The van der Waals surface area contributed by atoms with Crippen molar-refractivity contribution in [3.63, 3.8) is 0 Å². The van der Waals surface area contributed by atoms with E-state index in [-0.39, 0.29) is 15.7 Å². The quantitative estimate of drug-likeness (QED) is 0.628. The zero-order valence-electron chi connectivity index (χ0n) is 15.1. The fraction of sp³-hybridized carbons (Fsp3) is 0.111. The molecule has 1 amide bonds. The first-order chi connectivity index (χ1) is 14.0. The molecule has 0 saturated heterocycles. The summed E-state index contributed by atoms with van der Waals surface area (Å²) in [5.41, 5.74) is -1.39. The van der Waals surface area contributed by atoms with E-state index in [2.05, 4.69) is 4.98 Å². The smallest absolute Gasteiger partial charge is 0.416 e. The summed E-state index contributed by atoms with van der Waals surface area (Å²) in [7, 11) is -2.83. The van der Waals surface area contributed by atoms with E-state index < -0.39 is 33.4 Å². The molecule has 3 aromatic rings. The number of halogens is 4. The molecule has 0 radical (unpaired) electrons. The van der Waals surface area contributed by atoms with Gasteiger partial charge in [-0.05, 0) is 42.5 Å². The number of imidazole rings is 1. The first kappa shape index (κ1) is 21.7. The van der Waals surface area contributed by atoms with Crippen LogP contribution in [0.15, 0.2) is 59.8 Å². The third-order valence-corrected chi connectivity index (χ3v) is 5.68. The average molecular weight is 460 g/mol. The summed E-state index contributed by atoms with van der Waals surface area (Å²) in [6.45, 7) is 0. The second-order valence-corrected chi connectivity index (χ2v) is 7.95. The third-order valence-electron chi connectivity index (χ3n) is 3.97. The molecule has 0 atom stereocenters. The Bertz CT molecular complexity index is 1190. The van der Waals surface area contributed by atoms with E-state index in [0.29, 0.717) is 5.75 Å². The third kappa shape index (κ3) is 4.41. The van der Waals surface area contributed by atoms with Crippen molar-refractivity contribution in [1.82, 2.24) is 14.3 Å². The number of methoxy groups -OCH3 is 1. The second kappa shape index (κ2) is 8.00. The first-order valence-corrected chi connectivity index (χ1v) is 10.0. The van der Waals surface area contributed by atoms with E-state index >= 15 is 0 Å². The second-order valence-electron chi connectivity index (χ2n) is 5.91. The van der Waals surface area contributed by atoms with Crippen LogP contribution in [-0.2, 0) is 16.2 Å². The molecule has 30 heavy (non-hydrogen) atoms. The number of aromatic nitrogens is 2. The molecule has 12 heteroatoms. The minimum atomic E-state index is -4.57. The Morgan fingerprint density at radius 3 is 2.43 bits per heavy atom. The van der Waals surface area contributed by atoms with Gasteiger partial charge in [0.1, 0.15) is 17.2 Å². The topological polar surface area (TPSA) is 90.3 Å². The highest BCUT2D eigenvalue weighted by Gasteiger charge is 2.31. The van der Waals surface area contributed by atoms with Crippen molar-refractivity contribution in [1.29, 1.82) is 0 Å². The number of nitrogens with zero attached hydrogens (tertiary/aromatic N) is 2. The van der Waals surface area contributed by atoms with Crippen molar-refractivity contribution in [2.45, 2.75) is 11.1 Å². The number of sulfonamides is 1. The molecule has 0 spiro atoms. The van der Waals surface area contributed by atoms with Crippen LogP contribution in [-0.4, -0.2) is 31.0 Å². The molecule has 1 N–H and O–H groups in total.